The van der Waals surface area contributed by atoms with E-state index in [1.165, 1.54) is 28.4 Å². The molecule has 13 heteroatoms. The maximum atomic E-state index is 13.1. The molecule has 3 aromatic carbocycles. The predicted octanol–water partition coefficient (Wildman–Crippen LogP) is 3.41. The lowest BCUT2D eigenvalue weighted by Gasteiger charge is -2.22. The van der Waals surface area contributed by atoms with E-state index in [2.05, 4.69) is 9.97 Å². The van der Waals surface area contributed by atoms with Gasteiger partial charge < -0.3 is 38.4 Å². The molecule has 0 aliphatic heterocycles. The lowest BCUT2D eigenvalue weighted by molar-refractivity contribution is 0.235. The molecule has 0 radical (unpaired) electrons. The van der Waals surface area contributed by atoms with Crippen LogP contribution in [-0.2, 0) is 19.6 Å². The molecule has 2 heterocycles. The molecular formula is C31H33N5O8. The van der Waals surface area contributed by atoms with Gasteiger partial charge in [0.05, 0.1) is 77.6 Å². The van der Waals surface area contributed by atoms with E-state index in [1.807, 2.05) is 23.1 Å². The van der Waals surface area contributed by atoms with Gasteiger partial charge in [-0.2, -0.15) is 0 Å². The summed E-state index contributed by atoms with van der Waals surface area (Å²) in [4.78, 5) is 43.4. The fraction of sp³-hybridized carbons (Fsp3) is 0.290. The van der Waals surface area contributed by atoms with E-state index in [0.717, 1.165) is 5.56 Å². The highest BCUT2D eigenvalue weighted by Gasteiger charge is 2.18. The second-order valence-electron chi connectivity index (χ2n) is 9.81. The van der Waals surface area contributed by atoms with Gasteiger partial charge in [-0.05, 0) is 29.8 Å². The van der Waals surface area contributed by atoms with Gasteiger partial charge in [-0.15, -0.1) is 0 Å². The average Bonchev–Trinajstić information content (AvgIpc) is 3.03. The molecule has 0 saturated carbocycles. The molecule has 2 aromatic heterocycles. The predicted molar refractivity (Wildman–Crippen MR) is 163 cm³/mol. The molecule has 0 unspecified atom stereocenters. The Bertz CT molecular complexity index is 1830. The van der Waals surface area contributed by atoms with Gasteiger partial charge in [-0.25, -0.2) is 9.97 Å². The largest absolute Gasteiger partial charge is 0.493 e. The monoisotopic (exact) mass is 603 g/mol. The Balaban J connectivity index is 1.55. The van der Waals surface area contributed by atoms with Crippen LogP contribution in [0.1, 0.15) is 17.2 Å². The number of hydrogen-bond donors (Lipinski definition) is 2. The fourth-order valence-electron chi connectivity index (χ4n) is 5.01. The molecule has 5 rings (SSSR count). The Kier molecular flexibility index (Phi) is 8.86. The Morgan fingerprint density at radius 1 is 0.545 bits per heavy atom. The van der Waals surface area contributed by atoms with Crippen molar-refractivity contribution < 1.29 is 28.4 Å². The van der Waals surface area contributed by atoms with Crippen LogP contribution in [0.3, 0.4) is 0 Å². The lowest BCUT2D eigenvalue weighted by Crippen LogP contribution is -2.27. The van der Waals surface area contributed by atoms with Gasteiger partial charge in [-0.1, -0.05) is 6.07 Å². The molecule has 230 valence electrons. The summed E-state index contributed by atoms with van der Waals surface area (Å²) in [6.45, 7) is 0.810. The van der Waals surface area contributed by atoms with Crippen molar-refractivity contribution in [1.29, 1.82) is 0 Å². The maximum Gasteiger partial charge on any atom is 0.258 e. The third-order valence-electron chi connectivity index (χ3n) is 7.12. The fourth-order valence-corrected chi connectivity index (χ4v) is 5.01. The highest BCUT2D eigenvalue weighted by atomic mass is 16.5. The van der Waals surface area contributed by atoms with Crippen LogP contribution in [0.4, 0.5) is 0 Å². The number of aromatic amines is 2. The normalized spacial score (nSPS) is 11.2. The van der Waals surface area contributed by atoms with Crippen molar-refractivity contribution in [2.45, 2.75) is 19.6 Å². The van der Waals surface area contributed by atoms with Gasteiger partial charge in [-0.3, -0.25) is 14.5 Å². The number of aromatic nitrogens is 4. The van der Waals surface area contributed by atoms with Crippen LogP contribution < -0.4 is 39.5 Å². The Labute approximate surface area is 252 Å². The molecule has 44 heavy (non-hydrogen) atoms. The first-order chi connectivity index (χ1) is 21.3. The average molecular weight is 604 g/mol. The molecule has 0 spiro atoms. The number of benzene rings is 3. The van der Waals surface area contributed by atoms with Crippen molar-refractivity contribution in [2.75, 3.05) is 42.7 Å². The van der Waals surface area contributed by atoms with Gasteiger partial charge in [0.15, 0.2) is 34.5 Å². The van der Waals surface area contributed by atoms with Crippen LogP contribution in [0.5, 0.6) is 34.5 Å². The minimum absolute atomic E-state index is 0.210. The first-order valence-electron chi connectivity index (χ1n) is 13.5. The number of H-pyrrole nitrogens is 2. The first-order valence-corrected chi connectivity index (χ1v) is 13.5. The highest BCUT2D eigenvalue weighted by molar-refractivity contribution is 5.82. The second kappa shape index (κ2) is 12.9. The highest BCUT2D eigenvalue weighted by Crippen LogP contribution is 2.32. The zero-order chi connectivity index (χ0) is 31.4. The first kappa shape index (κ1) is 30.2. The smallest absolute Gasteiger partial charge is 0.258 e. The van der Waals surface area contributed by atoms with Gasteiger partial charge >= 0.3 is 0 Å². The number of fused-ring (bicyclic) bond motifs is 2. The molecule has 0 atom stereocenters. The van der Waals surface area contributed by atoms with Gasteiger partial charge in [0.1, 0.15) is 11.6 Å². The van der Waals surface area contributed by atoms with E-state index < -0.39 is 0 Å². The van der Waals surface area contributed by atoms with Crippen LogP contribution in [-0.4, -0.2) is 67.5 Å². The zero-order valence-corrected chi connectivity index (χ0v) is 25.3. The van der Waals surface area contributed by atoms with Crippen molar-refractivity contribution in [2.24, 2.45) is 0 Å². The molecule has 0 fully saturated rings. The molecule has 5 aromatic rings. The summed E-state index contributed by atoms with van der Waals surface area (Å²) in [6, 6.07) is 12.1. The number of methoxy groups -OCH3 is 6. The molecular weight excluding hydrogens is 570 g/mol. The Morgan fingerprint density at radius 3 is 1.39 bits per heavy atom. The van der Waals surface area contributed by atoms with Crippen LogP contribution in [0.2, 0.25) is 0 Å². The van der Waals surface area contributed by atoms with E-state index in [-0.39, 0.29) is 24.2 Å². The van der Waals surface area contributed by atoms with Crippen LogP contribution in [0, 0.1) is 0 Å². The molecule has 0 amide bonds. The Morgan fingerprint density at radius 2 is 0.955 bits per heavy atom. The summed E-state index contributed by atoms with van der Waals surface area (Å²) in [5.74, 6) is 3.74. The van der Waals surface area contributed by atoms with E-state index in [1.54, 1.807) is 38.5 Å². The van der Waals surface area contributed by atoms with Gasteiger partial charge in [0.25, 0.3) is 11.1 Å². The molecule has 0 aliphatic carbocycles. The van der Waals surface area contributed by atoms with Crippen molar-refractivity contribution >= 4 is 21.8 Å². The standard InChI is InChI=1S/C31H33N5O8/c1-39-22-8-7-17(9-23(22)40-2)14-36(15-28-32-20-12-26(43-5)24(41-3)10-18(20)30(37)34-28)16-29-33-21-13-27(44-6)25(42-4)11-19(21)31(38)35-29/h7-13H,14-16H2,1-6H3,(H,32,34,37)(H,33,35,38). The summed E-state index contributed by atoms with van der Waals surface area (Å²) in [6.07, 6.45) is 0. The molecule has 13 nitrogen and oxygen atoms in total. The third-order valence-corrected chi connectivity index (χ3v) is 7.12. The van der Waals surface area contributed by atoms with Crippen LogP contribution in [0.25, 0.3) is 21.8 Å². The summed E-state index contributed by atoms with van der Waals surface area (Å²) in [5, 5.41) is 0.727. The summed E-state index contributed by atoms with van der Waals surface area (Å²) in [7, 11) is 9.19. The molecule has 0 bridgehead atoms. The number of rotatable bonds is 12. The summed E-state index contributed by atoms with van der Waals surface area (Å²) < 4.78 is 32.4. The molecule has 0 saturated heterocycles. The lowest BCUT2D eigenvalue weighted by atomic mass is 10.1. The molecule has 2 N–H and O–H groups in total. The zero-order valence-electron chi connectivity index (χ0n) is 25.3. The SMILES string of the molecule is COc1ccc(CN(Cc2nc3cc(OC)c(OC)cc3c(=O)[nH]2)Cc2nc3cc(OC)c(OC)cc3c(=O)[nH]2)cc1OC. The van der Waals surface area contributed by atoms with E-state index in [0.29, 0.717) is 74.5 Å². The third kappa shape index (κ3) is 6.08. The van der Waals surface area contributed by atoms with E-state index in [9.17, 15) is 9.59 Å². The van der Waals surface area contributed by atoms with Crippen molar-refractivity contribution in [3.63, 3.8) is 0 Å². The quantitative estimate of drug-likeness (QED) is 0.216. The number of nitrogens with zero attached hydrogens (tertiary/aromatic N) is 3. The minimum Gasteiger partial charge on any atom is -0.493 e. The van der Waals surface area contributed by atoms with Crippen LogP contribution in [0.15, 0.2) is 52.1 Å². The van der Waals surface area contributed by atoms with Crippen molar-refractivity contribution in [1.82, 2.24) is 24.8 Å². The second-order valence-corrected chi connectivity index (χ2v) is 9.81. The van der Waals surface area contributed by atoms with E-state index in [4.69, 9.17) is 38.4 Å². The van der Waals surface area contributed by atoms with Gasteiger partial charge in [0, 0.05) is 18.7 Å². The maximum absolute atomic E-state index is 13.1. The number of nitrogens with one attached hydrogen (secondary N) is 2. The van der Waals surface area contributed by atoms with E-state index >= 15 is 0 Å². The van der Waals surface area contributed by atoms with Crippen molar-refractivity contribution in [3.8, 4) is 34.5 Å². The number of hydrogen-bond acceptors (Lipinski definition) is 11. The summed E-state index contributed by atoms with van der Waals surface area (Å²) >= 11 is 0. The summed E-state index contributed by atoms with van der Waals surface area (Å²) in [5.41, 5.74) is 1.15. The van der Waals surface area contributed by atoms with Crippen molar-refractivity contribution in [3.05, 3.63) is 80.4 Å². The number of ether oxygens (including phenoxy) is 6. The van der Waals surface area contributed by atoms with Crippen LogP contribution >= 0.6 is 0 Å². The Hall–Kier alpha value is -5.30. The molecule has 0 aliphatic rings. The minimum atomic E-state index is -0.324. The van der Waals surface area contributed by atoms with Gasteiger partial charge in [0.2, 0.25) is 0 Å². The topological polar surface area (TPSA) is 150 Å².